The van der Waals surface area contributed by atoms with Gasteiger partial charge in [0.15, 0.2) is 6.61 Å². The lowest BCUT2D eigenvalue weighted by atomic mass is 9.87. The van der Waals surface area contributed by atoms with Crippen molar-refractivity contribution in [1.29, 1.82) is 0 Å². The number of nitrogens with one attached hydrogen (secondary N) is 1. The number of carbonyl (C=O) groups is 2. The Hall–Kier alpha value is -2.82. The molecule has 4 rings (SSSR count). The van der Waals surface area contributed by atoms with Crippen molar-refractivity contribution < 1.29 is 14.3 Å². The Labute approximate surface area is 159 Å². The van der Waals surface area contributed by atoms with Gasteiger partial charge in [-0.3, -0.25) is 9.59 Å². The largest absolute Gasteiger partial charge is 0.482 e. The highest BCUT2D eigenvalue weighted by atomic mass is 16.5. The number of anilines is 1. The van der Waals surface area contributed by atoms with Crippen LogP contribution in [0.2, 0.25) is 0 Å². The quantitative estimate of drug-likeness (QED) is 0.906. The first-order chi connectivity index (χ1) is 13.1. The van der Waals surface area contributed by atoms with Gasteiger partial charge in [0.05, 0.1) is 11.7 Å². The highest BCUT2D eigenvalue weighted by Crippen LogP contribution is 2.33. The molecule has 2 aromatic rings. The fourth-order valence-corrected chi connectivity index (χ4v) is 3.94. The molecule has 140 valence electrons. The van der Waals surface area contributed by atoms with Crippen LogP contribution in [0.25, 0.3) is 0 Å². The molecule has 1 unspecified atom stereocenters. The fraction of sp³-hybridized carbons (Fsp3) is 0.364. The molecule has 0 radical (unpaired) electrons. The van der Waals surface area contributed by atoms with Crippen molar-refractivity contribution >= 4 is 17.5 Å². The van der Waals surface area contributed by atoms with E-state index in [4.69, 9.17) is 4.74 Å². The summed E-state index contributed by atoms with van der Waals surface area (Å²) in [5.41, 5.74) is 4.35. The topological polar surface area (TPSA) is 58.6 Å². The van der Waals surface area contributed by atoms with Crippen molar-refractivity contribution in [2.45, 2.75) is 38.6 Å². The molecular weight excluding hydrogens is 340 g/mol. The van der Waals surface area contributed by atoms with E-state index in [0.29, 0.717) is 12.3 Å². The minimum Gasteiger partial charge on any atom is -0.482 e. The summed E-state index contributed by atoms with van der Waals surface area (Å²) in [6.45, 7) is 2.36. The number of rotatable bonds is 4. The molecule has 0 saturated heterocycles. The molecule has 0 aromatic heterocycles. The normalized spacial score (nSPS) is 18.3. The summed E-state index contributed by atoms with van der Waals surface area (Å²) in [5.74, 6) is 0.566. The van der Waals surface area contributed by atoms with Crippen LogP contribution in [-0.4, -0.2) is 25.0 Å². The monoisotopic (exact) mass is 364 g/mol. The summed E-state index contributed by atoms with van der Waals surface area (Å²) in [6, 6.07) is 14.1. The Morgan fingerprint density at radius 2 is 2.11 bits per heavy atom. The van der Waals surface area contributed by atoms with Gasteiger partial charge in [-0.2, -0.15) is 0 Å². The minimum atomic E-state index is -0.107. The molecular formula is C22H24N2O3. The van der Waals surface area contributed by atoms with Crippen LogP contribution in [0.15, 0.2) is 42.5 Å². The van der Waals surface area contributed by atoms with Crippen LogP contribution >= 0.6 is 0 Å². The van der Waals surface area contributed by atoms with Gasteiger partial charge in [0.1, 0.15) is 5.75 Å². The molecule has 0 fully saturated rings. The summed E-state index contributed by atoms with van der Waals surface area (Å²) in [4.78, 5) is 26.5. The maximum atomic E-state index is 12.6. The summed E-state index contributed by atoms with van der Waals surface area (Å²) in [7, 11) is 0. The Morgan fingerprint density at radius 3 is 3.00 bits per heavy atom. The van der Waals surface area contributed by atoms with Crippen molar-refractivity contribution in [2.75, 3.05) is 18.1 Å². The molecule has 1 N–H and O–H groups in total. The Bertz CT molecular complexity index is 878. The number of carbonyl (C=O) groups excluding carboxylic acids is 2. The molecule has 1 heterocycles. The number of nitrogens with zero attached hydrogens (tertiary/aromatic N) is 1. The standard InChI is InChI=1S/C22H24N2O3/c1-15-9-10-20-19(13-15)24(22(26)14-27-20)12-11-21(25)23-18-8-4-6-16-5-2-3-7-17(16)18/h2-3,5,7,9-10,13,18H,4,6,8,11-12,14H2,1H3,(H,23,25). The molecule has 0 saturated carbocycles. The van der Waals surface area contributed by atoms with Gasteiger partial charge < -0.3 is 15.0 Å². The molecule has 2 amide bonds. The molecule has 1 aliphatic heterocycles. The first-order valence-corrected chi connectivity index (χ1v) is 9.53. The van der Waals surface area contributed by atoms with Crippen molar-refractivity contribution in [2.24, 2.45) is 0 Å². The average molecular weight is 364 g/mol. The van der Waals surface area contributed by atoms with E-state index < -0.39 is 0 Å². The molecule has 2 aliphatic rings. The van der Waals surface area contributed by atoms with E-state index in [2.05, 4.69) is 17.4 Å². The lowest BCUT2D eigenvalue weighted by Gasteiger charge is -2.30. The highest BCUT2D eigenvalue weighted by Gasteiger charge is 2.27. The van der Waals surface area contributed by atoms with Gasteiger partial charge in [-0.1, -0.05) is 30.3 Å². The van der Waals surface area contributed by atoms with Crippen LogP contribution in [0.4, 0.5) is 5.69 Å². The Morgan fingerprint density at radius 1 is 1.26 bits per heavy atom. The second-order valence-electron chi connectivity index (χ2n) is 7.27. The van der Waals surface area contributed by atoms with E-state index in [-0.39, 0.29) is 30.9 Å². The Balaban J connectivity index is 1.42. The van der Waals surface area contributed by atoms with E-state index in [0.717, 1.165) is 30.5 Å². The van der Waals surface area contributed by atoms with E-state index >= 15 is 0 Å². The van der Waals surface area contributed by atoms with Crippen LogP contribution in [0.5, 0.6) is 5.75 Å². The van der Waals surface area contributed by atoms with Gasteiger partial charge in [0.2, 0.25) is 5.91 Å². The van der Waals surface area contributed by atoms with Crippen LogP contribution in [-0.2, 0) is 16.0 Å². The summed E-state index contributed by atoms with van der Waals surface area (Å²) in [5, 5.41) is 3.16. The lowest BCUT2D eigenvalue weighted by Crippen LogP contribution is -2.41. The lowest BCUT2D eigenvalue weighted by molar-refractivity contribution is -0.122. The molecule has 27 heavy (non-hydrogen) atoms. The smallest absolute Gasteiger partial charge is 0.265 e. The summed E-state index contributed by atoms with van der Waals surface area (Å²) in [6.07, 6.45) is 3.39. The minimum absolute atomic E-state index is 0.0215. The molecule has 1 atom stereocenters. The number of hydrogen-bond acceptors (Lipinski definition) is 3. The molecule has 5 heteroatoms. The van der Waals surface area contributed by atoms with Gasteiger partial charge >= 0.3 is 0 Å². The van der Waals surface area contributed by atoms with Crippen LogP contribution in [0.1, 0.15) is 42.0 Å². The van der Waals surface area contributed by atoms with E-state index in [9.17, 15) is 9.59 Å². The maximum absolute atomic E-state index is 12.6. The SMILES string of the molecule is Cc1ccc2c(c1)N(CCC(=O)NC1CCCc3ccccc31)C(=O)CO2. The van der Waals surface area contributed by atoms with Gasteiger partial charge in [-0.25, -0.2) is 0 Å². The number of ether oxygens (including phenoxy) is 1. The predicted molar refractivity (Wildman–Crippen MR) is 104 cm³/mol. The van der Waals surface area contributed by atoms with Crippen LogP contribution in [0.3, 0.4) is 0 Å². The summed E-state index contributed by atoms with van der Waals surface area (Å²) >= 11 is 0. The predicted octanol–water partition coefficient (Wildman–Crippen LogP) is 3.30. The van der Waals surface area contributed by atoms with Gasteiger partial charge in [0.25, 0.3) is 5.91 Å². The number of fused-ring (bicyclic) bond motifs is 2. The van der Waals surface area contributed by atoms with E-state index in [1.165, 1.54) is 11.1 Å². The zero-order valence-corrected chi connectivity index (χ0v) is 15.5. The molecule has 5 nitrogen and oxygen atoms in total. The number of benzene rings is 2. The van der Waals surface area contributed by atoms with Crippen molar-refractivity contribution in [1.82, 2.24) is 5.32 Å². The second-order valence-corrected chi connectivity index (χ2v) is 7.27. The molecule has 1 aliphatic carbocycles. The van der Waals surface area contributed by atoms with Crippen LogP contribution < -0.4 is 15.0 Å². The fourth-order valence-electron chi connectivity index (χ4n) is 3.94. The number of amides is 2. The third-order valence-electron chi connectivity index (χ3n) is 5.32. The van der Waals surface area contributed by atoms with Gasteiger partial charge in [-0.05, 0) is 55.0 Å². The van der Waals surface area contributed by atoms with E-state index in [1.807, 2.05) is 37.3 Å². The first kappa shape index (κ1) is 17.6. The number of hydrogen-bond donors (Lipinski definition) is 1. The zero-order chi connectivity index (χ0) is 18.8. The summed E-state index contributed by atoms with van der Waals surface area (Å²) < 4.78 is 5.50. The van der Waals surface area contributed by atoms with Crippen LogP contribution in [0, 0.1) is 6.92 Å². The van der Waals surface area contributed by atoms with E-state index in [1.54, 1.807) is 4.90 Å². The Kier molecular flexibility index (Phi) is 4.84. The third-order valence-corrected chi connectivity index (χ3v) is 5.32. The highest BCUT2D eigenvalue weighted by molar-refractivity contribution is 5.98. The molecule has 0 bridgehead atoms. The zero-order valence-electron chi connectivity index (χ0n) is 15.5. The van der Waals surface area contributed by atoms with Crippen molar-refractivity contribution in [3.63, 3.8) is 0 Å². The third kappa shape index (κ3) is 3.68. The molecule has 0 spiro atoms. The average Bonchev–Trinajstić information content (AvgIpc) is 2.67. The van der Waals surface area contributed by atoms with Gasteiger partial charge in [0, 0.05) is 13.0 Å². The van der Waals surface area contributed by atoms with Crippen molar-refractivity contribution in [3.05, 3.63) is 59.2 Å². The van der Waals surface area contributed by atoms with Crippen molar-refractivity contribution in [3.8, 4) is 5.75 Å². The molecule has 2 aromatic carbocycles. The number of aryl methyl sites for hydroxylation is 2. The second kappa shape index (κ2) is 7.43. The first-order valence-electron chi connectivity index (χ1n) is 9.53. The van der Waals surface area contributed by atoms with Gasteiger partial charge in [-0.15, -0.1) is 0 Å². The maximum Gasteiger partial charge on any atom is 0.265 e.